The Morgan fingerprint density at radius 1 is 0.554 bits per heavy atom. The van der Waals surface area contributed by atoms with Crippen LogP contribution in [0.3, 0.4) is 0 Å². The zero-order chi connectivity index (χ0) is 70.2. The lowest BCUT2D eigenvalue weighted by Gasteiger charge is -2.39. The van der Waals surface area contributed by atoms with E-state index < -0.39 is 181 Å². The topological polar surface area (TPSA) is 259 Å². The highest BCUT2D eigenvalue weighted by Crippen LogP contribution is 2.43. The zero-order valence-corrected chi connectivity index (χ0v) is 58.7. The Hall–Kier alpha value is -5.82. The van der Waals surface area contributed by atoms with Crippen molar-refractivity contribution in [1.82, 2.24) is 55.6 Å². The molecule has 1 saturated heterocycles. The Balaban J connectivity index is 2.20. The standard InChI is InChI=1S/C65H110ClF4N11O11/c1-19-39(7)55-61(90)77(14)35-53(84)75(12)36-54(85)80(17)50(33-43-21-25-44(66)26-22-43)60(89)76(13)34-51(82)71-47(28-24-42-23-27-45(46(67)32-42)65(68,69)70)57(86)73-56(40(8)20-2)62(91)81(18)64(10,11)63(92)72-48(29-37(3)4)59(88)78(15)41(9)31-52(83)79(16)49(30-38(5)6)58(87)74-55/h37-50,55-56H,19-36H2,1-18H3,(H,71,82)(H,72,92)(H,73,86)(H,74,87)/t39-,40-,41+,42?,43?,44?,45?,46?,47-,48-,49-,50-,55-,56-/m0/s1. The van der Waals surface area contributed by atoms with Gasteiger partial charge in [-0.3, -0.25) is 52.7 Å². The van der Waals surface area contributed by atoms with Gasteiger partial charge in [-0.1, -0.05) is 68.2 Å². The molecule has 3 aliphatic rings. The Kier molecular flexibility index (Phi) is 31.1. The van der Waals surface area contributed by atoms with E-state index in [1.54, 1.807) is 27.7 Å². The van der Waals surface area contributed by atoms with Gasteiger partial charge in [0.05, 0.1) is 25.6 Å². The maximum absolute atomic E-state index is 15.2. The molecule has 12 atom stereocenters. The molecule has 27 heteroatoms. The molecule has 0 spiro atoms. The number of rotatable bonds is 13. The van der Waals surface area contributed by atoms with E-state index >= 15 is 4.39 Å². The molecular formula is C65H110ClF4N11O11. The molecular weight excluding hydrogens is 1220 g/mol. The van der Waals surface area contributed by atoms with Crippen LogP contribution in [0.1, 0.15) is 172 Å². The van der Waals surface area contributed by atoms with Gasteiger partial charge in [0, 0.05) is 67.2 Å². The third-order valence-corrected chi connectivity index (χ3v) is 20.0. The number of likely N-dealkylation sites (N-methyl/N-ethyl adjacent to an activating group) is 7. The maximum atomic E-state index is 15.2. The van der Waals surface area contributed by atoms with Crippen LogP contribution in [0, 0.1) is 41.4 Å². The largest absolute Gasteiger partial charge is 0.394 e. The van der Waals surface area contributed by atoms with Crippen LogP contribution in [0.25, 0.3) is 0 Å². The predicted molar refractivity (Wildman–Crippen MR) is 342 cm³/mol. The first-order valence-electron chi connectivity index (χ1n) is 32.9. The SMILES string of the molecule is CC[C@H](C)[C@@H]1NC(=O)[C@H](CC(C)C)N(C)C(=O)C[C@@H](C)N(C)C(=O)[C@H](CC(C)C)NC(=O)C(C)(C)N(C)C(=O)[C@H]([C@@H](C)CC)NC(=O)[C@H](CCC2CCC(C(F)(F)F)C(F)C2)NC(=O)CN(C)C(=O)[C@H](CC2CCC(Cl)CC2)N(C)C(=O)CN(C)C(=O)CN(C)C1=O. The first-order chi connectivity index (χ1) is 42.6. The van der Waals surface area contributed by atoms with Crippen LogP contribution >= 0.6 is 11.6 Å². The molecule has 2 saturated carbocycles. The van der Waals surface area contributed by atoms with Gasteiger partial charge in [0.25, 0.3) is 0 Å². The van der Waals surface area contributed by atoms with E-state index in [0.717, 1.165) is 19.6 Å². The second kappa shape index (κ2) is 35.6. The van der Waals surface area contributed by atoms with Crippen LogP contribution in [0.5, 0.6) is 0 Å². The molecule has 4 N–H and O–H groups in total. The fourth-order valence-corrected chi connectivity index (χ4v) is 12.4. The quantitative estimate of drug-likeness (QED) is 0.124. The van der Waals surface area contributed by atoms with Crippen molar-refractivity contribution in [2.75, 3.05) is 69.0 Å². The number of halogens is 5. The average molecular weight is 1330 g/mol. The van der Waals surface area contributed by atoms with Crippen molar-refractivity contribution in [2.24, 2.45) is 41.4 Å². The van der Waals surface area contributed by atoms with E-state index in [1.807, 2.05) is 34.6 Å². The third-order valence-electron chi connectivity index (χ3n) is 19.5. The zero-order valence-electron chi connectivity index (χ0n) is 58.0. The van der Waals surface area contributed by atoms with Crippen molar-refractivity contribution >= 4 is 76.6 Å². The summed E-state index contributed by atoms with van der Waals surface area (Å²) in [5, 5.41) is 11.1. The van der Waals surface area contributed by atoms with Crippen LogP contribution in [-0.2, 0) is 52.7 Å². The fraction of sp³-hybridized carbons (Fsp3) is 0.831. The monoisotopic (exact) mass is 1330 g/mol. The Bertz CT molecular complexity index is 2560. The minimum absolute atomic E-state index is 0.0105. The molecule has 3 rings (SSSR count). The number of hydrogen-bond acceptors (Lipinski definition) is 11. The van der Waals surface area contributed by atoms with Crippen molar-refractivity contribution in [3.05, 3.63) is 0 Å². The fourth-order valence-electron chi connectivity index (χ4n) is 12.2. The van der Waals surface area contributed by atoms with Crippen LogP contribution < -0.4 is 21.3 Å². The van der Waals surface area contributed by atoms with E-state index in [0.29, 0.717) is 38.5 Å². The van der Waals surface area contributed by atoms with Gasteiger partial charge < -0.3 is 55.6 Å². The molecule has 3 fully saturated rings. The minimum atomic E-state index is -4.75. The molecule has 526 valence electrons. The van der Waals surface area contributed by atoms with Crippen LogP contribution in [0.15, 0.2) is 0 Å². The second-order valence-electron chi connectivity index (χ2n) is 28.1. The molecule has 0 aromatic carbocycles. The summed E-state index contributed by atoms with van der Waals surface area (Å²) in [5.41, 5.74) is -1.71. The van der Waals surface area contributed by atoms with Gasteiger partial charge in [0.15, 0.2) is 0 Å². The summed E-state index contributed by atoms with van der Waals surface area (Å²) in [6.45, 7) is 17.3. The number of carbonyl (C=O) groups excluding carboxylic acids is 11. The van der Waals surface area contributed by atoms with E-state index in [2.05, 4.69) is 21.3 Å². The highest BCUT2D eigenvalue weighted by Gasteiger charge is 2.49. The number of nitrogens with zero attached hydrogens (tertiary/aromatic N) is 7. The Labute approximate surface area is 548 Å². The summed E-state index contributed by atoms with van der Waals surface area (Å²) >= 11 is 6.47. The summed E-state index contributed by atoms with van der Waals surface area (Å²) in [5.74, 6) is -11.7. The minimum Gasteiger partial charge on any atom is -0.343 e. The van der Waals surface area contributed by atoms with E-state index in [-0.39, 0.29) is 68.1 Å². The Morgan fingerprint density at radius 2 is 1.07 bits per heavy atom. The van der Waals surface area contributed by atoms with E-state index in [4.69, 9.17) is 11.6 Å². The summed E-state index contributed by atoms with van der Waals surface area (Å²) in [6.07, 6.45) is -4.62. The molecule has 0 bridgehead atoms. The first-order valence-corrected chi connectivity index (χ1v) is 33.4. The summed E-state index contributed by atoms with van der Waals surface area (Å²) in [6, 6.07) is -8.20. The van der Waals surface area contributed by atoms with E-state index in [1.165, 1.54) is 77.9 Å². The molecule has 0 aromatic rings. The maximum Gasteiger partial charge on any atom is 0.394 e. The summed E-state index contributed by atoms with van der Waals surface area (Å²) in [4.78, 5) is 167. The highest BCUT2D eigenvalue weighted by molar-refractivity contribution is 6.20. The Morgan fingerprint density at radius 3 is 1.60 bits per heavy atom. The number of nitrogens with one attached hydrogen (secondary N) is 4. The number of carbonyl (C=O) groups is 11. The van der Waals surface area contributed by atoms with Gasteiger partial charge in [0.1, 0.15) is 48.0 Å². The van der Waals surface area contributed by atoms with Crippen molar-refractivity contribution in [2.45, 2.75) is 238 Å². The summed E-state index contributed by atoms with van der Waals surface area (Å²) in [7, 11) is 9.80. The number of hydrogen-bond donors (Lipinski definition) is 4. The van der Waals surface area contributed by atoms with E-state index in [9.17, 15) is 65.9 Å². The van der Waals surface area contributed by atoms with Gasteiger partial charge in [-0.2, -0.15) is 13.2 Å². The molecule has 2 aliphatic carbocycles. The molecule has 11 amide bonds. The lowest BCUT2D eigenvalue weighted by atomic mass is 9.78. The number of amides is 11. The van der Waals surface area contributed by atoms with Gasteiger partial charge in [0.2, 0.25) is 65.0 Å². The van der Waals surface area contributed by atoms with Crippen molar-refractivity contribution in [1.29, 1.82) is 0 Å². The van der Waals surface area contributed by atoms with Gasteiger partial charge >= 0.3 is 6.18 Å². The van der Waals surface area contributed by atoms with Crippen molar-refractivity contribution < 1.29 is 70.3 Å². The molecule has 1 aliphatic heterocycles. The highest BCUT2D eigenvalue weighted by atomic mass is 35.5. The van der Waals surface area contributed by atoms with Crippen molar-refractivity contribution in [3.8, 4) is 0 Å². The molecule has 22 nitrogen and oxygen atoms in total. The molecule has 1 heterocycles. The third kappa shape index (κ3) is 22.7. The van der Waals surface area contributed by atoms with Crippen LogP contribution in [-0.4, -0.2) is 234 Å². The molecule has 3 unspecified atom stereocenters. The second-order valence-corrected chi connectivity index (χ2v) is 28.7. The normalized spacial score (nSPS) is 29.9. The van der Waals surface area contributed by atoms with Crippen molar-refractivity contribution in [3.63, 3.8) is 0 Å². The average Bonchev–Trinajstić information content (AvgIpc) is 0.891. The summed E-state index contributed by atoms with van der Waals surface area (Å²) < 4.78 is 56.4. The number of alkyl halides is 5. The molecule has 0 aromatic heterocycles. The smallest absolute Gasteiger partial charge is 0.343 e. The van der Waals surface area contributed by atoms with Gasteiger partial charge in [-0.25, -0.2) is 4.39 Å². The van der Waals surface area contributed by atoms with Gasteiger partial charge in [-0.15, -0.1) is 11.6 Å². The molecule has 0 radical (unpaired) electrons. The van der Waals surface area contributed by atoms with Crippen LogP contribution in [0.2, 0.25) is 0 Å². The predicted octanol–water partition coefficient (Wildman–Crippen LogP) is 5.91. The first kappa shape index (κ1) is 80.4. The lowest BCUT2D eigenvalue weighted by Crippen LogP contribution is -2.64. The lowest BCUT2D eigenvalue weighted by molar-refractivity contribution is -0.201. The molecule has 92 heavy (non-hydrogen) atoms. The van der Waals surface area contributed by atoms with Crippen LogP contribution in [0.4, 0.5) is 17.6 Å². The van der Waals surface area contributed by atoms with Gasteiger partial charge in [-0.05, 0) is 133 Å².